The summed E-state index contributed by atoms with van der Waals surface area (Å²) in [4.78, 5) is 0. The molecule has 0 saturated carbocycles. The fourth-order valence-electron chi connectivity index (χ4n) is 1.39. The summed E-state index contributed by atoms with van der Waals surface area (Å²) in [7, 11) is 0. The Morgan fingerprint density at radius 1 is 1.13 bits per heavy atom. The van der Waals surface area contributed by atoms with Gasteiger partial charge in [-0.3, -0.25) is 0 Å². The highest BCUT2D eigenvalue weighted by Gasteiger charge is 2.43. The Labute approximate surface area is 92.0 Å². The van der Waals surface area contributed by atoms with Gasteiger partial charge in [0.15, 0.2) is 0 Å². The van der Waals surface area contributed by atoms with Crippen LogP contribution in [0.4, 0.5) is 0 Å². The first-order valence-electron chi connectivity index (χ1n) is 4.74. The molecule has 0 radical (unpaired) electrons. The lowest BCUT2D eigenvalue weighted by molar-refractivity contribution is -0.205. The predicted octanol–water partition coefficient (Wildman–Crippen LogP) is -2.52. The van der Waals surface area contributed by atoms with Crippen LogP contribution in [0.1, 0.15) is 0 Å². The van der Waals surface area contributed by atoms with E-state index in [-0.39, 0.29) is 0 Å². The van der Waals surface area contributed by atoms with E-state index >= 15 is 0 Å². The zero-order valence-electron chi connectivity index (χ0n) is 8.19. The van der Waals surface area contributed by atoms with Crippen molar-refractivity contribution >= 4 is 11.8 Å². The van der Waals surface area contributed by atoms with Crippen LogP contribution in [0.2, 0.25) is 0 Å². The SMILES string of the molecule is NCCS[C@H]1O[C@H](CO)[C@@H](O)[C@H](O)[C@@H]1O. The molecule has 0 spiro atoms. The zero-order valence-corrected chi connectivity index (χ0v) is 9.01. The molecule has 0 amide bonds. The number of hydrogen-bond donors (Lipinski definition) is 5. The van der Waals surface area contributed by atoms with Gasteiger partial charge in [0.2, 0.25) is 0 Å². The molecule has 5 atom stereocenters. The van der Waals surface area contributed by atoms with Crippen molar-refractivity contribution in [2.45, 2.75) is 29.9 Å². The minimum atomic E-state index is -1.30. The van der Waals surface area contributed by atoms with Gasteiger partial charge in [0.25, 0.3) is 0 Å². The Bertz CT molecular complexity index is 194. The smallest absolute Gasteiger partial charge is 0.132 e. The molecule has 1 saturated heterocycles. The summed E-state index contributed by atoms with van der Waals surface area (Å²) in [5.74, 6) is 0.572. The molecule has 1 fully saturated rings. The van der Waals surface area contributed by atoms with E-state index in [9.17, 15) is 15.3 Å². The lowest BCUT2D eigenvalue weighted by atomic mass is 10.0. The Balaban J connectivity index is 2.57. The first-order chi connectivity index (χ1) is 7.11. The van der Waals surface area contributed by atoms with Crippen LogP contribution in [0.25, 0.3) is 0 Å². The van der Waals surface area contributed by atoms with Crippen molar-refractivity contribution < 1.29 is 25.2 Å². The van der Waals surface area contributed by atoms with Crippen molar-refractivity contribution in [1.82, 2.24) is 0 Å². The van der Waals surface area contributed by atoms with Crippen LogP contribution in [0.5, 0.6) is 0 Å². The number of nitrogens with two attached hydrogens (primary N) is 1. The van der Waals surface area contributed by atoms with E-state index in [2.05, 4.69) is 0 Å². The Morgan fingerprint density at radius 3 is 2.33 bits per heavy atom. The minimum absolute atomic E-state index is 0.398. The molecule has 0 aliphatic carbocycles. The van der Waals surface area contributed by atoms with Crippen molar-refractivity contribution in [3.8, 4) is 0 Å². The van der Waals surface area contributed by atoms with Crippen molar-refractivity contribution in [1.29, 1.82) is 0 Å². The van der Waals surface area contributed by atoms with Crippen LogP contribution in [-0.4, -0.2) is 69.2 Å². The van der Waals surface area contributed by atoms with Gasteiger partial charge in [0.1, 0.15) is 29.9 Å². The molecule has 0 aromatic heterocycles. The molecule has 6 nitrogen and oxygen atoms in total. The minimum Gasteiger partial charge on any atom is -0.394 e. The van der Waals surface area contributed by atoms with Crippen LogP contribution in [0.3, 0.4) is 0 Å². The van der Waals surface area contributed by atoms with Crippen LogP contribution >= 0.6 is 11.8 Å². The van der Waals surface area contributed by atoms with Crippen molar-refractivity contribution in [2.75, 3.05) is 18.9 Å². The summed E-state index contributed by atoms with van der Waals surface area (Å²) in [5, 5.41) is 37.4. The van der Waals surface area contributed by atoms with E-state index in [0.717, 1.165) is 0 Å². The highest BCUT2D eigenvalue weighted by atomic mass is 32.2. The summed E-state index contributed by atoms with van der Waals surface area (Å²) < 4.78 is 5.23. The maximum Gasteiger partial charge on any atom is 0.132 e. The normalized spacial score (nSPS) is 41.8. The second kappa shape index (κ2) is 6.00. The van der Waals surface area contributed by atoms with E-state index in [1.165, 1.54) is 11.8 Å². The molecular weight excluding hydrogens is 222 g/mol. The largest absolute Gasteiger partial charge is 0.394 e. The number of aliphatic hydroxyl groups is 4. The van der Waals surface area contributed by atoms with Crippen molar-refractivity contribution in [3.05, 3.63) is 0 Å². The molecule has 0 aromatic rings. The van der Waals surface area contributed by atoms with Gasteiger partial charge in [-0.2, -0.15) is 0 Å². The van der Waals surface area contributed by atoms with Crippen LogP contribution in [0.15, 0.2) is 0 Å². The standard InChI is InChI=1S/C8H17NO5S/c9-1-2-15-8-7(13)6(12)5(11)4(3-10)14-8/h4-8,10-13H,1-3,9H2/t4-,5-,6+,7+,8-/m1/s1. The van der Waals surface area contributed by atoms with Crippen LogP contribution in [0, 0.1) is 0 Å². The first-order valence-corrected chi connectivity index (χ1v) is 5.79. The van der Waals surface area contributed by atoms with Crippen LogP contribution < -0.4 is 5.73 Å². The highest BCUT2D eigenvalue weighted by Crippen LogP contribution is 2.27. The second-order valence-electron chi connectivity index (χ2n) is 3.36. The quantitative estimate of drug-likeness (QED) is 0.367. The number of hydrogen-bond acceptors (Lipinski definition) is 7. The van der Waals surface area contributed by atoms with Gasteiger partial charge >= 0.3 is 0 Å². The summed E-state index contributed by atoms with van der Waals surface area (Å²) in [6, 6.07) is 0. The number of thioether (sulfide) groups is 1. The summed E-state index contributed by atoms with van der Waals surface area (Å²) in [6.45, 7) is 0.0321. The van der Waals surface area contributed by atoms with Gasteiger partial charge in [-0.05, 0) is 0 Å². The van der Waals surface area contributed by atoms with Gasteiger partial charge < -0.3 is 30.9 Å². The summed E-state index contributed by atoms with van der Waals surface area (Å²) in [6.07, 6.45) is -4.59. The second-order valence-corrected chi connectivity index (χ2v) is 4.56. The molecule has 90 valence electrons. The summed E-state index contributed by atoms with van der Waals surface area (Å²) >= 11 is 1.25. The Hall–Kier alpha value is 0.110. The van der Waals surface area contributed by atoms with Crippen molar-refractivity contribution in [3.63, 3.8) is 0 Å². The number of ether oxygens (including phenoxy) is 1. The van der Waals surface area contributed by atoms with Crippen LogP contribution in [-0.2, 0) is 4.74 Å². The maximum absolute atomic E-state index is 9.57. The molecule has 15 heavy (non-hydrogen) atoms. The molecule has 7 heteroatoms. The Morgan fingerprint density at radius 2 is 1.80 bits per heavy atom. The Kier molecular flexibility index (Phi) is 5.27. The molecule has 0 aromatic carbocycles. The third-order valence-electron chi connectivity index (χ3n) is 2.25. The first kappa shape index (κ1) is 13.2. The fraction of sp³-hybridized carbons (Fsp3) is 1.00. The summed E-state index contributed by atoms with van der Waals surface area (Å²) in [5.41, 5.74) is 4.64. The van der Waals surface area contributed by atoms with E-state index in [1.54, 1.807) is 0 Å². The number of rotatable bonds is 4. The monoisotopic (exact) mass is 239 g/mol. The van der Waals surface area contributed by atoms with Crippen molar-refractivity contribution in [2.24, 2.45) is 5.73 Å². The van der Waals surface area contributed by atoms with E-state index < -0.39 is 36.5 Å². The molecule has 1 heterocycles. The van der Waals surface area contributed by atoms with Gasteiger partial charge in [0, 0.05) is 12.3 Å². The molecule has 6 N–H and O–H groups in total. The van der Waals surface area contributed by atoms with Gasteiger partial charge in [0.05, 0.1) is 6.61 Å². The van der Waals surface area contributed by atoms with E-state index in [0.29, 0.717) is 12.3 Å². The molecule has 1 aliphatic rings. The third kappa shape index (κ3) is 3.04. The van der Waals surface area contributed by atoms with E-state index in [4.69, 9.17) is 15.6 Å². The average molecular weight is 239 g/mol. The maximum atomic E-state index is 9.57. The zero-order chi connectivity index (χ0) is 11.4. The number of aliphatic hydroxyl groups excluding tert-OH is 4. The molecule has 1 aliphatic heterocycles. The molecular formula is C8H17NO5S. The molecule has 0 unspecified atom stereocenters. The third-order valence-corrected chi connectivity index (χ3v) is 3.44. The fourth-order valence-corrected chi connectivity index (χ4v) is 2.34. The lowest BCUT2D eigenvalue weighted by Crippen LogP contribution is -2.57. The average Bonchev–Trinajstić information content (AvgIpc) is 2.25. The predicted molar refractivity (Wildman–Crippen MR) is 55.3 cm³/mol. The topological polar surface area (TPSA) is 116 Å². The van der Waals surface area contributed by atoms with Gasteiger partial charge in [-0.25, -0.2) is 0 Å². The molecule has 1 rings (SSSR count). The lowest BCUT2D eigenvalue weighted by Gasteiger charge is -2.39. The van der Waals surface area contributed by atoms with Gasteiger partial charge in [-0.1, -0.05) is 0 Å². The van der Waals surface area contributed by atoms with E-state index in [1.807, 2.05) is 0 Å². The highest BCUT2D eigenvalue weighted by molar-refractivity contribution is 7.99. The molecule has 0 bridgehead atoms. The van der Waals surface area contributed by atoms with Gasteiger partial charge in [-0.15, -0.1) is 11.8 Å².